The molecule has 14 heteroatoms. The van der Waals surface area contributed by atoms with Gasteiger partial charge in [0.15, 0.2) is 0 Å². The lowest BCUT2D eigenvalue weighted by Crippen LogP contribution is -2.31. The predicted molar refractivity (Wildman–Crippen MR) is 101 cm³/mol. The van der Waals surface area contributed by atoms with Crippen molar-refractivity contribution >= 4 is 25.9 Å². The Morgan fingerprint density at radius 2 is 1.53 bits per heavy atom. The van der Waals surface area contributed by atoms with E-state index in [1.54, 1.807) is 13.8 Å². The van der Waals surface area contributed by atoms with Crippen molar-refractivity contribution < 1.29 is 34.7 Å². The first-order chi connectivity index (χ1) is 13.9. The highest BCUT2D eigenvalue weighted by Gasteiger charge is 2.31. The summed E-state index contributed by atoms with van der Waals surface area (Å²) in [6.07, 6.45) is -3.82. The van der Waals surface area contributed by atoms with Gasteiger partial charge in [0.05, 0.1) is 4.90 Å². The number of aromatic nitrogens is 1. The van der Waals surface area contributed by atoms with E-state index in [2.05, 4.69) is 15.1 Å². The Labute approximate surface area is 171 Å². The van der Waals surface area contributed by atoms with Crippen LogP contribution in [0, 0.1) is 0 Å². The molecule has 1 heterocycles. The average Bonchev–Trinajstić information content (AvgIpc) is 2.67. The lowest BCUT2D eigenvalue weighted by molar-refractivity contribution is -0.274. The van der Waals surface area contributed by atoms with Crippen LogP contribution in [0.3, 0.4) is 0 Å². The van der Waals surface area contributed by atoms with Crippen molar-refractivity contribution in [2.24, 2.45) is 0 Å². The summed E-state index contributed by atoms with van der Waals surface area (Å²) in [7, 11) is -7.85. The number of hydrogen-bond donors (Lipinski definition) is 2. The molecule has 0 atom stereocenters. The van der Waals surface area contributed by atoms with Gasteiger partial charge in [0, 0.05) is 19.3 Å². The first kappa shape index (κ1) is 23.9. The third-order valence-electron chi connectivity index (χ3n) is 3.76. The summed E-state index contributed by atoms with van der Waals surface area (Å²) < 4.78 is 90.6. The molecule has 166 valence electrons. The number of hydrogen-bond acceptors (Lipinski definition) is 7. The number of nitrogens with zero attached hydrogens (tertiary/aromatic N) is 2. The second-order valence-electron chi connectivity index (χ2n) is 5.72. The molecule has 0 amide bonds. The van der Waals surface area contributed by atoms with Gasteiger partial charge in [-0.3, -0.25) is 5.43 Å². The van der Waals surface area contributed by atoms with Gasteiger partial charge < -0.3 is 4.74 Å². The number of ether oxygens (including phenoxy) is 1. The summed E-state index contributed by atoms with van der Waals surface area (Å²) in [5.41, 5.74) is 2.30. The van der Waals surface area contributed by atoms with Crippen LogP contribution in [-0.2, 0) is 20.0 Å². The number of hydrazine groups is 1. The molecule has 30 heavy (non-hydrogen) atoms. The summed E-state index contributed by atoms with van der Waals surface area (Å²) >= 11 is 0. The van der Waals surface area contributed by atoms with Crippen molar-refractivity contribution in [1.29, 1.82) is 0 Å². The summed E-state index contributed by atoms with van der Waals surface area (Å²) in [6, 6.07) is 6.09. The van der Waals surface area contributed by atoms with E-state index in [-0.39, 0.29) is 28.7 Å². The van der Waals surface area contributed by atoms with E-state index in [1.807, 2.05) is 4.83 Å². The van der Waals surface area contributed by atoms with Gasteiger partial charge in [0.1, 0.15) is 16.5 Å². The molecule has 9 nitrogen and oxygen atoms in total. The SMILES string of the molecule is CCN(CC)S(=O)(=O)c1ccc(NNS(=O)(=O)c2ccc(OC(F)(F)F)cc2)nc1. The lowest BCUT2D eigenvalue weighted by Gasteiger charge is -2.18. The van der Waals surface area contributed by atoms with Gasteiger partial charge in [-0.2, -0.15) is 4.31 Å². The van der Waals surface area contributed by atoms with Crippen LogP contribution < -0.4 is 15.0 Å². The third-order valence-corrected chi connectivity index (χ3v) is 7.06. The number of nitrogens with one attached hydrogen (secondary N) is 2. The number of sulfonamides is 2. The smallest absolute Gasteiger partial charge is 0.406 e. The van der Waals surface area contributed by atoms with Crippen LogP contribution in [0.15, 0.2) is 52.4 Å². The zero-order valence-corrected chi connectivity index (χ0v) is 17.5. The molecule has 0 unspecified atom stereocenters. The highest BCUT2D eigenvalue weighted by atomic mass is 32.2. The molecule has 0 bridgehead atoms. The minimum absolute atomic E-state index is 0.00842. The molecule has 0 fully saturated rings. The molecule has 0 saturated heterocycles. The van der Waals surface area contributed by atoms with Crippen LogP contribution >= 0.6 is 0 Å². The largest absolute Gasteiger partial charge is 0.573 e. The number of halogens is 3. The predicted octanol–water partition coefficient (Wildman–Crippen LogP) is 2.32. The van der Waals surface area contributed by atoms with Gasteiger partial charge in [-0.25, -0.2) is 21.8 Å². The zero-order chi connectivity index (χ0) is 22.6. The average molecular weight is 468 g/mol. The molecule has 2 rings (SSSR count). The number of benzene rings is 1. The van der Waals surface area contributed by atoms with E-state index >= 15 is 0 Å². The third kappa shape index (κ3) is 6.04. The first-order valence-corrected chi connectivity index (χ1v) is 11.4. The Bertz CT molecular complexity index is 1050. The van der Waals surface area contributed by atoms with Crippen molar-refractivity contribution in [2.45, 2.75) is 30.0 Å². The minimum atomic E-state index is -4.89. The molecule has 0 radical (unpaired) electrons. The molecular weight excluding hydrogens is 449 g/mol. The van der Waals surface area contributed by atoms with Crippen molar-refractivity contribution in [3.05, 3.63) is 42.6 Å². The van der Waals surface area contributed by atoms with E-state index in [9.17, 15) is 30.0 Å². The molecule has 1 aromatic heterocycles. The Kier molecular flexibility index (Phi) is 7.28. The Morgan fingerprint density at radius 1 is 0.967 bits per heavy atom. The number of rotatable bonds is 9. The minimum Gasteiger partial charge on any atom is -0.406 e. The van der Waals surface area contributed by atoms with Gasteiger partial charge in [0.25, 0.3) is 10.0 Å². The van der Waals surface area contributed by atoms with E-state index in [1.165, 1.54) is 16.4 Å². The standard InChI is InChI=1S/C16H19F3N4O5S2/c1-3-23(4-2)30(26,27)14-9-10-15(20-11-14)21-22-29(24,25)13-7-5-12(6-8-13)28-16(17,18)19/h5-11,22H,3-4H2,1-2H3,(H,20,21). The van der Waals surface area contributed by atoms with Crippen LogP contribution in [0.2, 0.25) is 0 Å². The van der Waals surface area contributed by atoms with Gasteiger partial charge in [-0.05, 0) is 36.4 Å². The van der Waals surface area contributed by atoms with Crippen LogP contribution in [0.1, 0.15) is 13.8 Å². The maximum atomic E-state index is 12.4. The second-order valence-corrected chi connectivity index (χ2v) is 9.34. The Morgan fingerprint density at radius 3 is 2.00 bits per heavy atom. The molecule has 2 aromatic rings. The van der Waals surface area contributed by atoms with Crippen molar-refractivity contribution in [2.75, 3.05) is 18.5 Å². The molecule has 1 aromatic carbocycles. The number of alkyl halides is 3. The summed E-state index contributed by atoms with van der Waals surface area (Å²) in [5, 5.41) is 0. The van der Waals surface area contributed by atoms with Gasteiger partial charge in [-0.15, -0.1) is 18.0 Å². The van der Waals surface area contributed by atoms with Crippen molar-refractivity contribution in [3.8, 4) is 5.75 Å². The fourth-order valence-corrected chi connectivity index (χ4v) is 4.57. The molecule has 0 aliphatic rings. The van der Waals surface area contributed by atoms with Gasteiger partial charge >= 0.3 is 6.36 Å². The maximum absolute atomic E-state index is 12.4. The van der Waals surface area contributed by atoms with Crippen molar-refractivity contribution in [1.82, 2.24) is 14.1 Å². The molecule has 0 aliphatic carbocycles. The number of anilines is 1. The van der Waals surface area contributed by atoms with Crippen LogP contribution in [-0.4, -0.2) is 45.6 Å². The van der Waals surface area contributed by atoms with Crippen LogP contribution in [0.25, 0.3) is 0 Å². The normalized spacial score (nSPS) is 12.7. The highest BCUT2D eigenvalue weighted by molar-refractivity contribution is 7.89. The van der Waals surface area contributed by atoms with E-state index in [0.29, 0.717) is 0 Å². The maximum Gasteiger partial charge on any atom is 0.573 e. The topological polar surface area (TPSA) is 118 Å². The van der Waals surface area contributed by atoms with Gasteiger partial charge in [-0.1, -0.05) is 13.8 Å². The summed E-state index contributed by atoms with van der Waals surface area (Å²) in [4.78, 5) is 5.47. The van der Waals surface area contributed by atoms with Crippen LogP contribution in [0.4, 0.5) is 19.0 Å². The van der Waals surface area contributed by atoms with E-state index < -0.39 is 32.2 Å². The molecule has 0 spiro atoms. The second kappa shape index (κ2) is 9.16. The molecule has 2 N–H and O–H groups in total. The van der Waals surface area contributed by atoms with E-state index in [4.69, 9.17) is 0 Å². The molecule has 0 saturated carbocycles. The van der Waals surface area contributed by atoms with E-state index in [0.717, 1.165) is 30.5 Å². The Hall–Kier alpha value is -2.42. The first-order valence-electron chi connectivity index (χ1n) is 8.49. The fourth-order valence-electron chi connectivity index (χ4n) is 2.32. The quantitative estimate of drug-likeness (QED) is 0.543. The lowest BCUT2D eigenvalue weighted by atomic mass is 10.3. The zero-order valence-electron chi connectivity index (χ0n) is 15.8. The Balaban J connectivity index is 2.07. The highest BCUT2D eigenvalue weighted by Crippen LogP contribution is 2.24. The summed E-state index contributed by atoms with van der Waals surface area (Å²) in [5.74, 6) is -0.560. The van der Waals surface area contributed by atoms with Crippen molar-refractivity contribution in [3.63, 3.8) is 0 Å². The molecular formula is C16H19F3N4O5S2. The summed E-state index contributed by atoms with van der Waals surface area (Å²) in [6.45, 7) is 3.96. The van der Waals surface area contributed by atoms with Crippen LogP contribution in [0.5, 0.6) is 5.75 Å². The monoisotopic (exact) mass is 468 g/mol. The molecule has 0 aliphatic heterocycles. The fraction of sp³-hybridized carbons (Fsp3) is 0.312. The van der Waals surface area contributed by atoms with Gasteiger partial charge in [0.2, 0.25) is 10.0 Å². The number of pyridine rings is 1.